The van der Waals surface area contributed by atoms with E-state index in [1.54, 1.807) is 36.4 Å². The van der Waals surface area contributed by atoms with Crippen molar-refractivity contribution >= 4 is 45.5 Å². The van der Waals surface area contributed by atoms with Crippen LogP contribution >= 0.6 is 15.9 Å². The van der Waals surface area contributed by atoms with Crippen molar-refractivity contribution in [1.29, 1.82) is 0 Å². The highest BCUT2D eigenvalue weighted by atomic mass is 79.9. The van der Waals surface area contributed by atoms with Gasteiger partial charge in [0.1, 0.15) is 24.5 Å². The summed E-state index contributed by atoms with van der Waals surface area (Å²) in [7, 11) is 1.49. The zero-order valence-corrected chi connectivity index (χ0v) is 21.2. The number of rotatable bonds is 8. The SMILES string of the molecule is COc1cc(C=C2C(=O)NC(=O)N(c3ccc(C)cc3)C2=O)cc(Br)c1OCCOc1ccccc1. The van der Waals surface area contributed by atoms with Gasteiger partial charge in [-0.1, -0.05) is 35.9 Å². The van der Waals surface area contributed by atoms with Gasteiger partial charge in [-0.3, -0.25) is 14.9 Å². The van der Waals surface area contributed by atoms with Crippen LogP contribution in [0, 0.1) is 6.92 Å². The largest absolute Gasteiger partial charge is 0.493 e. The lowest BCUT2D eigenvalue weighted by Crippen LogP contribution is -2.54. The summed E-state index contributed by atoms with van der Waals surface area (Å²) in [6, 6.07) is 18.8. The summed E-state index contributed by atoms with van der Waals surface area (Å²) >= 11 is 3.47. The molecular weight excluding hydrogens is 528 g/mol. The quantitative estimate of drug-likeness (QED) is 0.244. The van der Waals surface area contributed by atoms with E-state index in [1.165, 1.54) is 13.2 Å². The molecule has 3 aromatic carbocycles. The summed E-state index contributed by atoms with van der Waals surface area (Å²) < 4.78 is 17.5. The third-order valence-electron chi connectivity index (χ3n) is 5.30. The number of barbiturate groups is 1. The van der Waals surface area contributed by atoms with E-state index in [2.05, 4.69) is 21.2 Å². The minimum atomic E-state index is -0.800. The van der Waals surface area contributed by atoms with Crippen LogP contribution in [0.3, 0.4) is 0 Å². The number of carbonyl (C=O) groups excluding carboxylic acids is 3. The molecule has 0 unspecified atom stereocenters. The summed E-state index contributed by atoms with van der Waals surface area (Å²) in [5.74, 6) is 0.0869. The van der Waals surface area contributed by atoms with Gasteiger partial charge in [-0.2, -0.15) is 0 Å². The van der Waals surface area contributed by atoms with Crippen molar-refractivity contribution in [2.45, 2.75) is 6.92 Å². The maximum Gasteiger partial charge on any atom is 0.335 e. The Morgan fingerprint density at radius 2 is 1.64 bits per heavy atom. The van der Waals surface area contributed by atoms with Crippen molar-refractivity contribution in [2.75, 3.05) is 25.2 Å². The predicted molar refractivity (Wildman–Crippen MR) is 138 cm³/mol. The highest BCUT2D eigenvalue weighted by Gasteiger charge is 2.36. The van der Waals surface area contributed by atoms with Crippen molar-refractivity contribution in [1.82, 2.24) is 5.32 Å². The zero-order chi connectivity index (χ0) is 25.7. The molecule has 3 aromatic rings. The number of anilines is 1. The lowest BCUT2D eigenvalue weighted by Gasteiger charge is -2.26. The van der Waals surface area contributed by atoms with Gasteiger partial charge >= 0.3 is 6.03 Å². The lowest BCUT2D eigenvalue weighted by molar-refractivity contribution is -0.122. The zero-order valence-electron chi connectivity index (χ0n) is 19.6. The third-order valence-corrected chi connectivity index (χ3v) is 5.89. The number of urea groups is 1. The fourth-order valence-electron chi connectivity index (χ4n) is 3.54. The number of carbonyl (C=O) groups is 3. The van der Waals surface area contributed by atoms with Crippen LogP contribution in [0.2, 0.25) is 0 Å². The fourth-order valence-corrected chi connectivity index (χ4v) is 4.11. The Balaban J connectivity index is 1.54. The molecule has 0 radical (unpaired) electrons. The Hall–Kier alpha value is -4.11. The molecule has 184 valence electrons. The number of amides is 4. The van der Waals surface area contributed by atoms with Crippen LogP contribution in [0.1, 0.15) is 11.1 Å². The molecule has 9 heteroatoms. The Morgan fingerprint density at radius 1 is 0.944 bits per heavy atom. The first kappa shape index (κ1) is 25.0. The van der Waals surface area contributed by atoms with E-state index in [4.69, 9.17) is 14.2 Å². The second-order valence-corrected chi connectivity index (χ2v) is 8.69. The molecule has 1 N–H and O–H groups in total. The molecule has 1 heterocycles. The molecule has 0 bridgehead atoms. The molecule has 0 saturated carbocycles. The molecule has 4 rings (SSSR count). The van der Waals surface area contributed by atoms with E-state index in [-0.39, 0.29) is 12.2 Å². The number of aryl methyl sites for hydroxylation is 1. The number of nitrogens with one attached hydrogen (secondary N) is 1. The molecule has 1 saturated heterocycles. The third kappa shape index (κ3) is 5.58. The van der Waals surface area contributed by atoms with Crippen LogP contribution < -0.4 is 24.4 Å². The molecule has 1 aliphatic heterocycles. The van der Waals surface area contributed by atoms with Gasteiger partial charge in [0.15, 0.2) is 11.5 Å². The summed E-state index contributed by atoms with van der Waals surface area (Å²) in [6.07, 6.45) is 1.40. The lowest BCUT2D eigenvalue weighted by atomic mass is 10.1. The number of nitrogens with zero attached hydrogens (tertiary/aromatic N) is 1. The summed E-state index contributed by atoms with van der Waals surface area (Å²) in [5.41, 5.74) is 1.65. The topological polar surface area (TPSA) is 94.2 Å². The van der Waals surface area contributed by atoms with Gasteiger partial charge < -0.3 is 14.2 Å². The fraction of sp³-hybridized carbons (Fsp3) is 0.148. The smallest absolute Gasteiger partial charge is 0.335 e. The first-order chi connectivity index (χ1) is 17.4. The molecule has 8 nitrogen and oxygen atoms in total. The molecule has 4 amide bonds. The van der Waals surface area contributed by atoms with Gasteiger partial charge in [0.05, 0.1) is 17.3 Å². The number of hydrogen-bond acceptors (Lipinski definition) is 6. The van der Waals surface area contributed by atoms with E-state index in [9.17, 15) is 14.4 Å². The Morgan fingerprint density at radius 3 is 2.33 bits per heavy atom. The summed E-state index contributed by atoms with van der Waals surface area (Å²) in [6.45, 7) is 2.48. The van der Waals surface area contributed by atoms with Gasteiger partial charge in [0, 0.05) is 0 Å². The number of hydrogen-bond donors (Lipinski definition) is 1. The monoisotopic (exact) mass is 550 g/mol. The van der Waals surface area contributed by atoms with Crippen molar-refractivity contribution < 1.29 is 28.6 Å². The molecule has 0 spiro atoms. The summed E-state index contributed by atoms with van der Waals surface area (Å²) in [5, 5.41) is 2.22. The Kier molecular flexibility index (Phi) is 7.70. The molecule has 0 aliphatic carbocycles. The van der Waals surface area contributed by atoms with Crippen molar-refractivity contribution in [3.8, 4) is 17.2 Å². The molecule has 0 aromatic heterocycles. The highest BCUT2D eigenvalue weighted by molar-refractivity contribution is 9.10. The van der Waals surface area contributed by atoms with Gasteiger partial charge in [-0.15, -0.1) is 0 Å². The van der Waals surface area contributed by atoms with Crippen molar-refractivity contribution in [2.24, 2.45) is 0 Å². The van der Waals surface area contributed by atoms with E-state index < -0.39 is 17.8 Å². The van der Waals surface area contributed by atoms with Gasteiger partial charge in [-0.25, -0.2) is 9.69 Å². The van der Waals surface area contributed by atoms with Gasteiger partial charge in [-0.05, 0) is 70.9 Å². The standard InChI is InChI=1S/C27H23BrN2O6/c1-17-8-10-19(11-9-17)30-26(32)21(25(31)29-27(30)33)14-18-15-22(28)24(23(16-18)34-2)36-13-12-35-20-6-4-3-5-7-20/h3-11,14-16H,12-13H2,1-2H3,(H,29,31,33). The van der Waals surface area contributed by atoms with Crippen molar-refractivity contribution in [3.63, 3.8) is 0 Å². The molecule has 36 heavy (non-hydrogen) atoms. The molecule has 1 aliphatic rings. The second kappa shape index (κ2) is 11.1. The van der Waals surface area contributed by atoms with Crippen LogP contribution in [-0.2, 0) is 9.59 Å². The average molecular weight is 551 g/mol. The maximum absolute atomic E-state index is 13.1. The molecular formula is C27H23BrN2O6. The van der Waals surface area contributed by atoms with Crippen molar-refractivity contribution in [3.05, 3.63) is 87.9 Å². The van der Waals surface area contributed by atoms with Gasteiger partial charge in [0.2, 0.25) is 0 Å². The first-order valence-corrected chi connectivity index (χ1v) is 11.8. The molecule has 0 atom stereocenters. The predicted octanol–water partition coefficient (Wildman–Crippen LogP) is 4.89. The van der Waals surface area contributed by atoms with E-state index in [1.807, 2.05) is 37.3 Å². The van der Waals surface area contributed by atoms with Crippen LogP contribution in [-0.4, -0.2) is 38.2 Å². The number of ether oxygens (including phenoxy) is 3. The van der Waals surface area contributed by atoms with Crippen LogP contribution in [0.5, 0.6) is 17.2 Å². The highest BCUT2D eigenvalue weighted by Crippen LogP contribution is 2.37. The minimum Gasteiger partial charge on any atom is -0.493 e. The van der Waals surface area contributed by atoms with Crippen LogP contribution in [0.25, 0.3) is 6.08 Å². The average Bonchev–Trinajstić information content (AvgIpc) is 2.86. The summed E-state index contributed by atoms with van der Waals surface area (Å²) in [4.78, 5) is 39.0. The number of halogens is 1. The van der Waals surface area contributed by atoms with Crippen LogP contribution in [0.15, 0.2) is 76.8 Å². The number of para-hydroxylation sites is 1. The molecule has 1 fully saturated rings. The van der Waals surface area contributed by atoms with Gasteiger partial charge in [0.25, 0.3) is 11.8 Å². The Bertz CT molecular complexity index is 1320. The second-order valence-electron chi connectivity index (χ2n) is 7.84. The Labute approximate surface area is 216 Å². The number of methoxy groups -OCH3 is 1. The first-order valence-electron chi connectivity index (χ1n) is 11.0. The van der Waals surface area contributed by atoms with Crippen LogP contribution in [0.4, 0.5) is 10.5 Å². The number of imide groups is 2. The van der Waals surface area contributed by atoms with E-state index in [0.717, 1.165) is 16.2 Å². The number of benzene rings is 3. The van der Waals surface area contributed by atoms with E-state index >= 15 is 0 Å². The van der Waals surface area contributed by atoms with E-state index in [0.29, 0.717) is 33.8 Å². The maximum atomic E-state index is 13.1. The minimum absolute atomic E-state index is 0.186. The normalized spacial score (nSPS) is 14.6.